The lowest BCUT2D eigenvalue weighted by molar-refractivity contribution is -0.138. The maximum absolute atomic E-state index is 14.3. The highest BCUT2D eigenvalue weighted by atomic mass is 19.1. The van der Waals surface area contributed by atoms with E-state index in [0.717, 1.165) is 25.3 Å². The Labute approximate surface area is 179 Å². The van der Waals surface area contributed by atoms with E-state index in [-0.39, 0.29) is 29.2 Å². The zero-order valence-electron chi connectivity index (χ0n) is 16.7. The van der Waals surface area contributed by atoms with Gasteiger partial charge < -0.3 is 15.2 Å². The van der Waals surface area contributed by atoms with E-state index in [1.165, 1.54) is 12.4 Å². The van der Waals surface area contributed by atoms with Gasteiger partial charge in [0.25, 0.3) is 0 Å². The molecule has 0 radical (unpaired) electrons. The van der Waals surface area contributed by atoms with Crippen molar-refractivity contribution >= 4 is 11.8 Å². The zero-order chi connectivity index (χ0) is 23.0. The maximum atomic E-state index is 14.3. The third kappa shape index (κ3) is 4.20. The van der Waals surface area contributed by atoms with Gasteiger partial charge in [0.2, 0.25) is 0 Å². The first-order valence-corrected chi connectivity index (χ1v) is 9.58. The Balaban J connectivity index is 1.52. The van der Waals surface area contributed by atoms with Gasteiger partial charge in [0.05, 0.1) is 31.1 Å². The van der Waals surface area contributed by atoms with Crippen LogP contribution in [0.15, 0.2) is 36.7 Å². The lowest BCUT2D eigenvalue weighted by atomic mass is 10.0. The summed E-state index contributed by atoms with van der Waals surface area (Å²) in [7, 11) is 1.11. The molecule has 1 saturated carbocycles. The van der Waals surface area contributed by atoms with Crippen molar-refractivity contribution in [2.75, 3.05) is 12.4 Å². The van der Waals surface area contributed by atoms with Crippen LogP contribution in [0.3, 0.4) is 0 Å². The average Bonchev–Trinajstić information content (AvgIpc) is 3.54. The minimum Gasteiger partial charge on any atom is -0.491 e. The number of hydrogen-bond donors (Lipinski definition) is 2. The Morgan fingerprint density at radius 2 is 1.78 bits per heavy atom. The number of carbonyl (C=O) groups is 1. The minimum atomic E-state index is -1.01. The molecule has 1 aromatic heterocycles. The van der Waals surface area contributed by atoms with Crippen LogP contribution in [0, 0.1) is 29.2 Å². The first-order chi connectivity index (χ1) is 15.3. The summed E-state index contributed by atoms with van der Waals surface area (Å²) in [6.45, 7) is -0.102. The second kappa shape index (κ2) is 8.45. The van der Waals surface area contributed by atoms with Gasteiger partial charge in [-0.2, -0.15) is 0 Å². The number of methoxy groups -OCH3 is 1. The van der Waals surface area contributed by atoms with Crippen LogP contribution >= 0.6 is 0 Å². The van der Waals surface area contributed by atoms with Crippen molar-refractivity contribution in [3.8, 4) is 16.9 Å². The molecular formula is C22H17F4N3O3. The Hall–Kier alpha value is -3.69. The van der Waals surface area contributed by atoms with E-state index >= 15 is 0 Å². The Bertz CT molecular complexity index is 1160. The predicted molar refractivity (Wildman–Crippen MR) is 106 cm³/mol. The molecule has 1 aliphatic carbocycles. The standard InChI is InChI=1S/C22H17F4N3O3/c1-32-21-17(25)3-10(4-18(21)26)12-2-11(15(23)6-16(12)24)7-28-20-9-27-19(8-29-20)13-5-14(13)22(30)31/h2-4,6,8-9,13-14H,5,7H2,1H3,(H,28,29)(H,30,31)/t13-,14-/m0/s1. The van der Waals surface area contributed by atoms with Gasteiger partial charge in [-0.05, 0) is 30.2 Å². The Morgan fingerprint density at radius 1 is 1.06 bits per heavy atom. The van der Waals surface area contributed by atoms with Crippen LogP contribution in [0.2, 0.25) is 0 Å². The molecule has 0 bridgehead atoms. The van der Waals surface area contributed by atoms with Crippen molar-refractivity contribution in [3.05, 3.63) is 71.2 Å². The highest BCUT2D eigenvalue weighted by Gasteiger charge is 2.45. The fourth-order valence-corrected chi connectivity index (χ4v) is 3.46. The summed E-state index contributed by atoms with van der Waals surface area (Å²) in [5, 5.41) is 11.8. The lowest BCUT2D eigenvalue weighted by Gasteiger charge is -2.12. The third-order valence-corrected chi connectivity index (χ3v) is 5.27. The molecule has 2 aromatic carbocycles. The van der Waals surface area contributed by atoms with Gasteiger partial charge >= 0.3 is 5.97 Å². The average molecular weight is 447 g/mol. The number of ether oxygens (including phenoxy) is 1. The number of hydrogen-bond acceptors (Lipinski definition) is 5. The summed E-state index contributed by atoms with van der Waals surface area (Å²) in [5.74, 6) is -5.65. The fraction of sp³-hybridized carbons (Fsp3) is 0.227. The normalized spacial score (nSPS) is 17.2. The van der Waals surface area contributed by atoms with Crippen LogP contribution in [-0.4, -0.2) is 28.2 Å². The van der Waals surface area contributed by atoms with Crippen molar-refractivity contribution in [1.29, 1.82) is 0 Å². The number of carboxylic acids is 1. The van der Waals surface area contributed by atoms with Gasteiger partial charge in [0.1, 0.15) is 17.5 Å². The SMILES string of the molecule is COc1c(F)cc(-c2cc(CNc3cnc([C@H]4C[C@@H]4C(=O)O)cn3)c(F)cc2F)cc1F. The van der Waals surface area contributed by atoms with Gasteiger partial charge in [0, 0.05) is 29.7 Å². The zero-order valence-corrected chi connectivity index (χ0v) is 16.7. The lowest BCUT2D eigenvalue weighted by Crippen LogP contribution is -2.06. The largest absolute Gasteiger partial charge is 0.491 e. The summed E-state index contributed by atoms with van der Waals surface area (Å²) in [5.41, 5.74) is 0.304. The summed E-state index contributed by atoms with van der Waals surface area (Å²) in [6.07, 6.45) is 3.35. The summed E-state index contributed by atoms with van der Waals surface area (Å²) >= 11 is 0. The fourth-order valence-electron chi connectivity index (χ4n) is 3.46. The number of halogens is 4. The highest BCUT2D eigenvalue weighted by Crippen LogP contribution is 2.46. The van der Waals surface area contributed by atoms with E-state index in [1.54, 1.807) is 0 Å². The van der Waals surface area contributed by atoms with Gasteiger partial charge in [-0.25, -0.2) is 22.5 Å². The first-order valence-electron chi connectivity index (χ1n) is 9.58. The smallest absolute Gasteiger partial charge is 0.307 e. The molecule has 1 heterocycles. The van der Waals surface area contributed by atoms with Crippen LogP contribution in [0.5, 0.6) is 5.75 Å². The Kier molecular flexibility index (Phi) is 5.68. The number of rotatable bonds is 7. The second-order valence-electron chi connectivity index (χ2n) is 7.36. The van der Waals surface area contributed by atoms with Gasteiger partial charge in [-0.1, -0.05) is 0 Å². The van der Waals surface area contributed by atoms with Crippen molar-refractivity contribution in [3.63, 3.8) is 0 Å². The number of nitrogens with zero attached hydrogens (tertiary/aromatic N) is 2. The van der Waals surface area contributed by atoms with E-state index in [9.17, 15) is 22.4 Å². The number of carboxylic acid groups (broad SMARTS) is 1. The summed E-state index contributed by atoms with van der Waals surface area (Å²) < 4.78 is 61.3. The molecule has 0 amide bonds. The first kappa shape index (κ1) is 21.5. The highest BCUT2D eigenvalue weighted by molar-refractivity contribution is 5.75. The van der Waals surface area contributed by atoms with Gasteiger partial charge in [-0.15, -0.1) is 0 Å². The molecule has 3 aromatic rings. The molecule has 166 valence electrons. The van der Waals surface area contributed by atoms with E-state index in [2.05, 4.69) is 20.0 Å². The molecule has 1 aliphatic rings. The molecule has 10 heteroatoms. The predicted octanol–water partition coefficient (Wildman–Crippen LogP) is 4.51. The van der Waals surface area contributed by atoms with Crippen molar-refractivity contribution in [1.82, 2.24) is 9.97 Å². The maximum Gasteiger partial charge on any atom is 0.307 e. The Morgan fingerprint density at radius 3 is 2.34 bits per heavy atom. The third-order valence-electron chi connectivity index (χ3n) is 5.27. The van der Waals surface area contributed by atoms with E-state index < -0.39 is 40.9 Å². The number of anilines is 1. The molecule has 2 atom stereocenters. The number of benzene rings is 2. The quantitative estimate of drug-likeness (QED) is 0.519. The summed E-state index contributed by atoms with van der Waals surface area (Å²) in [4.78, 5) is 19.3. The minimum absolute atomic E-state index is 0.0389. The molecule has 0 unspecified atom stereocenters. The van der Waals surface area contributed by atoms with Crippen molar-refractivity contribution < 1.29 is 32.2 Å². The molecule has 4 rings (SSSR count). The van der Waals surface area contributed by atoms with Crippen LogP contribution in [0.4, 0.5) is 23.4 Å². The molecule has 32 heavy (non-hydrogen) atoms. The number of aromatic nitrogens is 2. The molecular weight excluding hydrogens is 430 g/mol. The monoisotopic (exact) mass is 447 g/mol. The molecule has 6 nitrogen and oxygen atoms in total. The van der Waals surface area contributed by atoms with E-state index in [1.807, 2.05) is 0 Å². The molecule has 0 saturated heterocycles. The molecule has 0 spiro atoms. The van der Waals surface area contributed by atoms with Gasteiger partial charge in [-0.3, -0.25) is 9.78 Å². The number of nitrogens with one attached hydrogen (secondary N) is 1. The van der Waals surface area contributed by atoms with Gasteiger partial charge in [0.15, 0.2) is 17.4 Å². The van der Waals surface area contributed by atoms with Crippen molar-refractivity contribution in [2.24, 2.45) is 5.92 Å². The van der Waals surface area contributed by atoms with Crippen LogP contribution in [0.1, 0.15) is 23.6 Å². The van der Waals surface area contributed by atoms with E-state index in [4.69, 9.17) is 5.11 Å². The van der Waals surface area contributed by atoms with Crippen LogP contribution in [-0.2, 0) is 11.3 Å². The van der Waals surface area contributed by atoms with E-state index in [0.29, 0.717) is 24.0 Å². The van der Waals surface area contributed by atoms with Crippen LogP contribution in [0.25, 0.3) is 11.1 Å². The second-order valence-corrected chi connectivity index (χ2v) is 7.36. The van der Waals surface area contributed by atoms with Crippen molar-refractivity contribution in [2.45, 2.75) is 18.9 Å². The van der Waals surface area contributed by atoms with Crippen LogP contribution < -0.4 is 10.1 Å². The topological polar surface area (TPSA) is 84.3 Å². The number of aliphatic carboxylic acids is 1. The summed E-state index contributed by atoms with van der Waals surface area (Å²) in [6, 6.07) is 3.60. The molecule has 2 N–H and O–H groups in total. The molecule has 0 aliphatic heterocycles. The molecule has 1 fully saturated rings.